The summed E-state index contributed by atoms with van der Waals surface area (Å²) in [5, 5.41) is 3.49. The van der Waals surface area contributed by atoms with Gasteiger partial charge in [-0.1, -0.05) is 54.6 Å². The first kappa shape index (κ1) is 17.9. The molecule has 28 heavy (non-hydrogen) atoms. The van der Waals surface area contributed by atoms with Gasteiger partial charge >= 0.3 is 0 Å². The number of rotatable bonds is 4. The fourth-order valence-electron chi connectivity index (χ4n) is 3.50. The van der Waals surface area contributed by atoms with Crippen LogP contribution in [0.2, 0.25) is 0 Å². The molecule has 0 radical (unpaired) electrons. The van der Waals surface area contributed by atoms with Gasteiger partial charge < -0.3 is 10.1 Å². The SMILES string of the molecule is COc1ccccc1/C=C/[C@H]1Nc2ccccc2C(=O)N1c1ccccc1C. The Kier molecular flexibility index (Phi) is 4.85. The van der Waals surface area contributed by atoms with Crippen LogP contribution in [0.3, 0.4) is 0 Å². The Morgan fingerprint density at radius 2 is 1.68 bits per heavy atom. The van der Waals surface area contributed by atoms with Crippen LogP contribution in [0.25, 0.3) is 6.08 Å². The van der Waals surface area contributed by atoms with Gasteiger partial charge in [0.15, 0.2) is 0 Å². The molecule has 0 unspecified atom stereocenters. The van der Waals surface area contributed by atoms with Gasteiger partial charge in [-0.2, -0.15) is 0 Å². The zero-order valence-electron chi connectivity index (χ0n) is 15.9. The largest absolute Gasteiger partial charge is 0.496 e. The lowest BCUT2D eigenvalue weighted by Crippen LogP contribution is -2.48. The Balaban J connectivity index is 1.78. The third-order valence-corrected chi connectivity index (χ3v) is 4.93. The zero-order valence-corrected chi connectivity index (χ0v) is 15.9. The van der Waals surface area contributed by atoms with E-state index in [0.29, 0.717) is 5.56 Å². The van der Waals surface area contributed by atoms with Gasteiger partial charge in [-0.05, 0) is 42.8 Å². The maximum atomic E-state index is 13.3. The monoisotopic (exact) mass is 370 g/mol. The van der Waals surface area contributed by atoms with Crippen molar-refractivity contribution in [3.05, 3.63) is 95.6 Å². The van der Waals surface area contributed by atoms with Gasteiger partial charge in [0.25, 0.3) is 5.91 Å². The van der Waals surface area contributed by atoms with Gasteiger partial charge in [-0.25, -0.2) is 0 Å². The van der Waals surface area contributed by atoms with E-state index in [1.165, 1.54) is 0 Å². The molecule has 140 valence electrons. The lowest BCUT2D eigenvalue weighted by molar-refractivity contribution is 0.0979. The first-order valence-corrected chi connectivity index (χ1v) is 9.25. The summed E-state index contributed by atoms with van der Waals surface area (Å²) >= 11 is 0. The van der Waals surface area contributed by atoms with E-state index in [-0.39, 0.29) is 12.1 Å². The minimum atomic E-state index is -0.312. The fourth-order valence-corrected chi connectivity index (χ4v) is 3.50. The normalized spacial score (nSPS) is 16.0. The van der Waals surface area contributed by atoms with Crippen molar-refractivity contribution in [3.63, 3.8) is 0 Å². The maximum Gasteiger partial charge on any atom is 0.262 e. The van der Waals surface area contributed by atoms with Crippen LogP contribution in [0.1, 0.15) is 21.5 Å². The minimum Gasteiger partial charge on any atom is -0.496 e. The number of amides is 1. The summed E-state index contributed by atoms with van der Waals surface area (Å²) in [5.74, 6) is 0.780. The van der Waals surface area contributed by atoms with Gasteiger partial charge in [0, 0.05) is 16.9 Å². The third kappa shape index (κ3) is 3.25. The molecule has 0 saturated carbocycles. The van der Waals surface area contributed by atoms with Gasteiger partial charge in [0.1, 0.15) is 11.9 Å². The van der Waals surface area contributed by atoms with Gasteiger partial charge in [0.2, 0.25) is 0 Å². The molecule has 0 spiro atoms. The third-order valence-electron chi connectivity index (χ3n) is 4.93. The van der Waals surface area contributed by atoms with Crippen LogP contribution in [-0.4, -0.2) is 19.2 Å². The predicted molar refractivity (Wildman–Crippen MR) is 114 cm³/mol. The van der Waals surface area contributed by atoms with Crippen molar-refractivity contribution in [1.29, 1.82) is 0 Å². The quantitative estimate of drug-likeness (QED) is 0.693. The summed E-state index contributed by atoms with van der Waals surface area (Å²) in [6.45, 7) is 2.02. The predicted octanol–water partition coefficient (Wildman–Crippen LogP) is 5.12. The topological polar surface area (TPSA) is 41.6 Å². The molecule has 1 amide bonds. The summed E-state index contributed by atoms with van der Waals surface area (Å²) < 4.78 is 5.44. The highest BCUT2D eigenvalue weighted by atomic mass is 16.5. The van der Waals surface area contributed by atoms with Crippen LogP contribution in [-0.2, 0) is 0 Å². The molecule has 0 bridgehead atoms. The number of methoxy groups -OCH3 is 1. The number of fused-ring (bicyclic) bond motifs is 1. The van der Waals surface area contributed by atoms with Crippen molar-refractivity contribution < 1.29 is 9.53 Å². The number of ether oxygens (including phenoxy) is 1. The standard InChI is InChI=1S/C24H22N2O2/c1-17-9-3-7-13-21(17)26-23(16-15-18-10-4-8-14-22(18)28-2)25-20-12-6-5-11-19(20)24(26)27/h3-16,23,25H,1-2H3/b16-15+/t23-/m0/s1. The lowest BCUT2D eigenvalue weighted by atomic mass is 10.0. The number of nitrogens with zero attached hydrogens (tertiary/aromatic N) is 1. The van der Waals surface area contributed by atoms with Crippen molar-refractivity contribution in [3.8, 4) is 5.75 Å². The second-order valence-corrected chi connectivity index (χ2v) is 6.70. The Bertz CT molecular complexity index is 1040. The Morgan fingerprint density at radius 1 is 0.964 bits per heavy atom. The van der Waals surface area contributed by atoms with Crippen molar-refractivity contribution in [2.45, 2.75) is 13.1 Å². The van der Waals surface area contributed by atoms with E-state index in [2.05, 4.69) is 5.32 Å². The van der Waals surface area contributed by atoms with Crippen LogP contribution in [0, 0.1) is 6.92 Å². The number of carbonyl (C=O) groups excluding carboxylic acids is 1. The van der Waals surface area contributed by atoms with Crippen molar-refractivity contribution in [2.24, 2.45) is 0 Å². The molecule has 0 aliphatic carbocycles. The van der Waals surface area contributed by atoms with E-state index in [1.54, 1.807) is 7.11 Å². The molecule has 1 aliphatic rings. The molecule has 1 N–H and O–H groups in total. The average molecular weight is 370 g/mol. The fraction of sp³-hybridized carbons (Fsp3) is 0.125. The number of carbonyl (C=O) groups is 1. The molecule has 0 fully saturated rings. The van der Waals surface area contributed by atoms with E-state index < -0.39 is 0 Å². The first-order valence-electron chi connectivity index (χ1n) is 9.25. The minimum absolute atomic E-state index is 0.0154. The van der Waals surface area contributed by atoms with Crippen LogP contribution >= 0.6 is 0 Å². The molecule has 1 aliphatic heterocycles. The molecule has 3 aromatic carbocycles. The Morgan fingerprint density at radius 3 is 2.50 bits per heavy atom. The zero-order chi connectivity index (χ0) is 19.5. The maximum absolute atomic E-state index is 13.3. The number of anilines is 2. The van der Waals surface area contributed by atoms with Gasteiger partial charge in [0.05, 0.1) is 12.7 Å². The lowest BCUT2D eigenvalue weighted by Gasteiger charge is -2.37. The highest BCUT2D eigenvalue weighted by Gasteiger charge is 2.32. The van der Waals surface area contributed by atoms with Crippen molar-refractivity contribution in [2.75, 3.05) is 17.3 Å². The number of para-hydroxylation sites is 3. The van der Waals surface area contributed by atoms with Gasteiger partial charge in [-0.3, -0.25) is 9.69 Å². The number of aryl methyl sites for hydroxylation is 1. The van der Waals surface area contributed by atoms with E-state index in [9.17, 15) is 4.79 Å². The summed E-state index contributed by atoms with van der Waals surface area (Å²) in [6, 6.07) is 23.4. The summed E-state index contributed by atoms with van der Waals surface area (Å²) in [6.07, 6.45) is 3.68. The summed E-state index contributed by atoms with van der Waals surface area (Å²) in [5.41, 5.74) is 4.42. The molecule has 4 heteroatoms. The van der Waals surface area contributed by atoms with Crippen LogP contribution in [0.5, 0.6) is 5.75 Å². The molecule has 0 saturated heterocycles. The van der Waals surface area contributed by atoms with Crippen molar-refractivity contribution >= 4 is 23.4 Å². The Hall–Kier alpha value is -3.53. The molecule has 3 aromatic rings. The highest BCUT2D eigenvalue weighted by molar-refractivity contribution is 6.12. The number of nitrogens with one attached hydrogen (secondary N) is 1. The average Bonchev–Trinajstić information content (AvgIpc) is 2.73. The molecular weight excluding hydrogens is 348 g/mol. The van der Waals surface area contributed by atoms with E-state index in [1.807, 2.05) is 96.8 Å². The van der Waals surface area contributed by atoms with Crippen LogP contribution in [0.4, 0.5) is 11.4 Å². The number of benzene rings is 3. The van der Waals surface area contributed by atoms with Crippen molar-refractivity contribution in [1.82, 2.24) is 0 Å². The molecule has 1 heterocycles. The second-order valence-electron chi connectivity index (χ2n) is 6.70. The van der Waals surface area contributed by atoms with Crippen LogP contribution < -0.4 is 15.0 Å². The number of hydrogen-bond acceptors (Lipinski definition) is 3. The second kappa shape index (κ2) is 7.61. The molecule has 4 rings (SSSR count). The summed E-state index contributed by atoms with van der Waals surface area (Å²) in [7, 11) is 1.66. The first-order chi connectivity index (χ1) is 13.7. The highest BCUT2D eigenvalue weighted by Crippen LogP contribution is 2.32. The molecule has 1 atom stereocenters. The number of hydrogen-bond donors (Lipinski definition) is 1. The van der Waals surface area contributed by atoms with E-state index in [0.717, 1.165) is 28.3 Å². The van der Waals surface area contributed by atoms with Crippen LogP contribution in [0.15, 0.2) is 78.9 Å². The Labute approximate surface area is 165 Å². The molecule has 4 nitrogen and oxygen atoms in total. The van der Waals surface area contributed by atoms with E-state index in [4.69, 9.17) is 4.74 Å². The smallest absolute Gasteiger partial charge is 0.262 e. The van der Waals surface area contributed by atoms with E-state index >= 15 is 0 Å². The summed E-state index contributed by atoms with van der Waals surface area (Å²) in [4.78, 5) is 15.2. The molecular formula is C24H22N2O2. The van der Waals surface area contributed by atoms with Gasteiger partial charge in [-0.15, -0.1) is 0 Å². The molecule has 0 aromatic heterocycles.